The first-order chi connectivity index (χ1) is 12.2. The summed E-state index contributed by atoms with van der Waals surface area (Å²) in [6.45, 7) is 0. The molecule has 8 N–H and O–H groups in total. The zero-order valence-corrected chi connectivity index (χ0v) is 15.1. The van der Waals surface area contributed by atoms with Gasteiger partial charge in [-0.2, -0.15) is 0 Å². The highest BCUT2D eigenvalue weighted by Crippen LogP contribution is 2.26. The molecule has 0 aliphatic carbocycles. The Morgan fingerprint density at radius 2 is 1.92 bits per heavy atom. The van der Waals surface area contributed by atoms with Crippen molar-refractivity contribution in [2.45, 2.75) is 0 Å². The van der Waals surface area contributed by atoms with Gasteiger partial charge in [0.25, 0.3) is 0 Å². The maximum absolute atomic E-state index is 9.10. The molecule has 1 aromatic carbocycles. The number of carbonyl (C=O) groups is 2. The van der Waals surface area contributed by atoms with Crippen LogP contribution in [0.5, 0.6) is 0 Å². The summed E-state index contributed by atoms with van der Waals surface area (Å²) in [5.74, 6) is -3.77. The molecule has 2 aromatic rings. The van der Waals surface area contributed by atoms with Crippen molar-refractivity contribution in [1.29, 1.82) is 5.41 Å². The first-order valence-corrected chi connectivity index (χ1v) is 8.13. The molecule has 0 saturated heterocycles. The number of guanidine groups is 1. The van der Waals surface area contributed by atoms with Gasteiger partial charge in [-0.15, -0.1) is 11.3 Å². The Hall–Kier alpha value is -3.25. The lowest BCUT2D eigenvalue weighted by Crippen LogP contribution is -2.24. The Morgan fingerprint density at radius 1 is 1.27 bits per heavy atom. The van der Waals surface area contributed by atoms with Crippen LogP contribution in [0, 0.1) is 5.41 Å². The van der Waals surface area contributed by atoms with Gasteiger partial charge in [-0.1, -0.05) is 12.1 Å². The van der Waals surface area contributed by atoms with E-state index in [0.29, 0.717) is 10.2 Å². The summed E-state index contributed by atoms with van der Waals surface area (Å²) in [4.78, 5) is 22.6. The zero-order chi connectivity index (χ0) is 19.7. The van der Waals surface area contributed by atoms with Gasteiger partial charge in [0.1, 0.15) is 0 Å². The number of aromatic nitrogens is 1. The number of hydrogen-bond acceptors (Lipinski definition) is 6. The van der Waals surface area contributed by atoms with E-state index in [-0.39, 0.29) is 5.96 Å². The number of carboxylic acids is 2. The van der Waals surface area contributed by atoms with E-state index in [0.717, 1.165) is 16.9 Å². The van der Waals surface area contributed by atoms with Crippen molar-refractivity contribution in [1.82, 2.24) is 10.3 Å². The van der Waals surface area contributed by atoms with Gasteiger partial charge in [0.2, 0.25) is 0 Å². The highest BCUT2D eigenvalue weighted by atomic mass is 32.1. The van der Waals surface area contributed by atoms with E-state index in [9.17, 15) is 0 Å². The number of nitrogens with two attached hydrogens (primary N) is 1. The van der Waals surface area contributed by atoms with Gasteiger partial charge in [-0.05, 0) is 24.4 Å². The minimum atomic E-state index is -1.82. The second-order valence-electron chi connectivity index (χ2n) is 4.47. The fourth-order valence-corrected chi connectivity index (χ4v) is 2.38. The minimum absolute atomic E-state index is 0.124. The Morgan fingerprint density at radius 3 is 2.46 bits per heavy atom. The molecule has 138 valence electrons. The maximum atomic E-state index is 9.10. The number of nitrogens with zero attached hydrogens (tertiary/aromatic N) is 1. The van der Waals surface area contributed by atoms with Crippen LogP contribution in [0.4, 0.5) is 10.8 Å². The van der Waals surface area contributed by atoms with Gasteiger partial charge in [-0.3, -0.25) is 5.41 Å². The molecule has 0 atom stereocenters. The summed E-state index contributed by atoms with van der Waals surface area (Å²) in [6, 6.07) is 7.76. The fraction of sp³-hybridized carbons (Fsp3) is 0.0714. The Kier molecular flexibility index (Phi) is 7.92. The normalized spacial score (nSPS) is 9.27. The molecule has 0 radical (unpaired) electrons. The number of anilines is 2. The predicted octanol–water partition coefficient (Wildman–Crippen LogP) is 1.19. The van der Waals surface area contributed by atoms with Crippen LogP contribution >= 0.6 is 23.6 Å². The number of thiocarbonyl (C=S) groups is 1. The summed E-state index contributed by atoms with van der Waals surface area (Å²) < 4.78 is 0. The predicted molar refractivity (Wildman–Crippen MR) is 104 cm³/mol. The molecule has 0 unspecified atom stereocenters. The summed E-state index contributed by atoms with van der Waals surface area (Å²) >= 11 is 6.46. The number of carboxylic acid groups (broad SMARTS) is 2. The van der Waals surface area contributed by atoms with Gasteiger partial charge in [0.05, 0.1) is 5.69 Å². The molecule has 1 heterocycles. The van der Waals surface area contributed by atoms with Crippen molar-refractivity contribution in [3.05, 3.63) is 29.6 Å². The van der Waals surface area contributed by atoms with Gasteiger partial charge >= 0.3 is 11.9 Å². The van der Waals surface area contributed by atoms with Gasteiger partial charge < -0.3 is 31.9 Å². The van der Waals surface area contributed by atoms with Crippen LogP contribution in [0.2, 0.25) is 0 Å². The Balaban J connectivity index is 0.000000487. The lowest BCUT2D eigenvalue weighted by molar-refractivity contribution is -0.159. The maximum Gasteiger partial charge on any atom is 0.414 e. The minimum Gasteiger partial charge on any atom is -0.473 e. The van der Waals surface area contributed by atoms with Crippen molar-refractivity contribution in [3.63, 3.8) is 0 Å². The van der Waals surface area contributed by atoms with Crippen LogP contribution in [0.3, 0.4) is 0 Å². The van der Waals surface area contributed by atoms with Crippen LogP contribution in [0.25, 0.3) is 11.3 Å². The van der Waals surface area contributed by atoms with Gasteiger partial charge in [0, 0.05) is 23.7 Å². The number of hydrogen-bond donors (Lipinski definition) is 7. The van der Waals surface area contributed by atoms with E-state index in [1.165, 1.54) is 11.3 Å². The number of nitrogens with one attached hydrogen (secondary N) is 4. The van der Waals surface area contributed by atoms with E-state index in [2.05, 4.69) is 20.9 Å². The molecule has 12 heteroatoms. The van der Waals surface area contributed by atoms with Gasteiger partial charge in [-0.25, -0.2) is 14.6 Å². The largest absolute Gasteiger partial charge is 0.473 e. The average Bonchev–Trinajstić information content (AvgIpc) is 3.03. The molecule has 0 fully saturated rings. The lowest BCUT2D eigenvalue weighted by atomic mass is 10.1. The summed E-state index contributed by atoms with van der Waals surface area (Å²) in [6.07, 6.45) is 0. The molecule has 0 bridgehead atoms. The third-order valence-corrected chi connectivity index (χ3v) is 3.64. The molecule has 0 aliphatic rings. The second-order valence-corrected chi connectivity index (χ2v) is 5.74. The van der Waals surface area contributed by atoms with E-state index < -0.39 is 11.9 Å². The first-order valence-electron chi connectivity index (χ1n) is 6.85. The van der Waals surface area contributed by atoms with E-state index in [4.69, 9.17) is 43.2 Å². The van der Waals surface area contributed by atoms with Crippen LogP contribution in [0.15, 0.2) is 29.6 Å². The monoisotopic (exact) mass is 396 g/mol. The SMILES string of the molecule is CNC(=S)Nc1cccc(-c2csc(NC(=N)N)n2)c1.O=C(O)C(=O)O. The molecule has 1 aromatic heterocycles. The number of rotatable bonds is 3. The molecule has 26 heavy (non-hydrogen) atoms. The Labute approximate surface area is 157 Å². The van der Waals surface area contributed by atoms with Crippen LogP contribution in [-0.4, -0.2) is 45.3 Å². The molecular formula is C14H16N6O4S2. The van der Waals surface area contributed by atoms with E-state index in [1.807, 2.05) is 29.6 Å². The lowest BCUT2D eigenvalue weighted by Gasteiger charge is -2.07. The van der Waals surface area contributed by atoms with E-state index in [1.54, 1.807) is 7.05 Å². The van der Waals surface area contributed by atoms with Crippen LogP contribution < -0.4 is 21.7 Å². The third kappa shape index (κ3) is 7.11. The number of thiazole rings is 1. The smallest absolute Gasteiger partial charge is 0.414 e. The molecule has 0 aliphatic heterocycles. The van der Waals surface area contributed by atoms with Crippen LogP contribution in [-0.2, 0) is 9.59 Å². The van der Waals surface area contributed by atoms with Crippen molar-refractivity contribution >= 4 is 57.4 Å². The molecular weight excluding hydrogens is 380 g/mol. The first kappa shape index (κ1) is 20.8. The average molecular weight is 396 g/mol. The number of benzene rings is 1. The summed E-state index contributed by atoms with van der Waals surface area (Å²) in [5.41, 5.74) is 7.94. The van der Waals surface area contributed by atoms with Gasteiger partial charge in [0.15, 0.2) is 16.2 Å². The highest BCUT2D eigenvalue weighted by molar-refractivity contribution is 7.80. The van der Waals surface area contributed by atoms with Crippen LogP contribution in [0.1, 0.15) is 0 Å². The molecule has 10 nitrogen and oxygen atoms in total. The van der Waals surface area contributed by atoms with Crippen molar-refractivity contribution in [2.75, 3.05) is 17.7 Å². The highest BCUT2D eigenvalue weighted by Gasteiger charge is 2.06. The molecule has 0 spiro atoms. The van der Waals surface area contributed by atoms with E-state index >= 15 is 0 Å². The second kappa shape index (κ2) is 9.90. The van der Waals surface area contributed by atoms with Crippen molar-refractivity contribution in [3.8, 4) is 11.3 Å². The molecule has 2 rings (SSSR count). The zero-order valence-electron chi connectivity index (χ0n) is 13.4. The fourth-order valence-electron chi connectivity index (χ4n) is 1.53. The summed E-state index contributed by atoms with van der Waals surface area (Å²) in [5, 5.41) is 33.6. The summed E-state index contributed by atoms with van der Waals surface area (Å²) in [7, 11) is 1.76. The van der Waals surface area contributed by atoms with Crippen molar-refractivity contribution < 1.29 is 19.8 Å². The molecule has 0 amide bonds. The molecule has 0 saturated carbocycles. The number of aliphatic carboxylic acids is 2. The van der Waals surface area contributed by atoms with Crippen molar-refractivity contribution in [2.24, 2.45) is 5.73 Å². The quantitative estimate of drug-likeness (QED) is 0.173. The topological polar surface area (TPSA) is 173 Å². The Bertz CT molecular complexity index is 811. The standard InChI is InChI=1S/C12H14N6S2.C2H2O4/c1-15-11(19)16-8-4-2-3-7(5-8)9-6-20-12(17-9)18-10(13)14;3-1(4)2(5)6/h2-6H,1H3,(H2,15,16,19)(H4,13,14,17,18);(H,3,4)(H,5,6). The third-order valence-electron chi connectivity index (χ3n) is 2.57.